The number of ether oxygens (including phenoxy) is 1. The number of methoxy groups -OCH3 is 1. The molecule has 0 radical (unpaired) electrons. The highest BCUT2D eigenvalue weighted by molar-refractivity contribution is 7.26. The van der Waals surface area contributed by atoms with E-state index in [0.29, 0.717) is 6.61 Å². The molecule has 0 aliphatic heterocycles. The molecule has 4 heteroatoms. The molecule has 0 unspecified atom stereocenters. The van der Waals surface area contributed by atoms with Gasteiger partial charge in [0, 0.05) is 71.3 Å². The van der Waals surface area contributed by atoms with Crippen molar-refractivity contribution < 1.29 is 4.74 Å². The van der Waals surface area contributed by atoms with Crippen molar-refractivity contribution in [2.24, 2.45) is 0 Å². The van der Waals surface area contributed by atoms with Crippen molar-refractivity contribution in [3.63, 3.8) is 0 Å². The lowest BCUT2D eigenvalue weighted by atomic mass is 10.00. The zero-order valence-corrected chi connectivity index (χ0v) is 34.8. The van der Waals surface area contributed by atoms with E-state index >= 15 is 0 Å². The summed E-state index contributed by atoms with van der Waals surface area (Å²) >= 11 is 1.91. The van der Waals surface area contributed by atoms with Crippen LogP contribution in [0, 0.1) is 0 Å². The second kappa shape index (κ2) is 15.6. The van der Waals surface area contributed by atoms with Crippen LogP contribution in [0.2, 0.25) is 0 Å². The van der Waals surface area contributed by atoms with Crippen LogP contribution in [0.3, 0.4) is 0 Å². The molecule has 60 heavy (non-hydrogen) atoms. The van der Waals surface area contributed by atoms with E-state index in [1.54, 1.807) is 13.2 Å². The Morgan fingerprint density at radius 3 is 1.95 bits per heavy atom. The highest BCUT2D eigenvalue weighted by Crippen LogP contribution is 2.45. The lowest BCUT2D eigenvalue weighted by Crippen LogP contribution is -2.09. The number of rotatable bonds is 6. The van der Waals surface area contributed by atoms with Gasteiger partial charge in [-0.3, -0.25) is 0 Å². The van der Waals surface area contributed by atoms with Gasteiger partial charge in [-0.15, -0.1) is 17.9 Å². The predicted octanol–water partition coefficient (Wildman–Crippen LogP) is 16.5. The summed E-state index contributed by atoms with van der Waals surface area (Å²) < 4.78 is 9.73. The van der Waals surface area contributed by atoms with E-state index < -0.39 is 0 Å². The fourth-order valence-electron chi connectivity index (χ4n) is 8.92. The maximum Gasteiger partial charge on any atom is 0.0641 e. The van der Waals surface area contributed by atoms with Crippen LogP contribution in [0.4, 0.5) is 17.1 Å². The molecule has 0 saturated heterocycles. The molecule has 0 bridgehead atoms. The third-order valence-corrected chi connectivity index (χ3v) is 12.8. The van der Waals surface area contributed by atoms with Crippen molar-refractivity contribution in [1.29, 1.82) is 0 Å². The largest absolute Gasteiger partial charge is 0.381 e. The quantitative estimate of drug-likeness (QED) is 0.156. The summed E-state index contributed by atoms with van der Waals surface area (Å²) in [6.45, 7) is 8.08. The van der Waals surface area contributed by atoms with E-state index in [2.05, 4.69) is 203 Å². The Hall–Kier alpha value is -6.98. The van der Waals surface area contributed by atoms with Crippen molar-refractivity contribution in [2.75, 3.05) is 18.6 Å². The third kappa shape index (κ3) is 6.15. The number of nitrogens with zero attached hydrogens (tertiary/aromatic N) is 2. The molecular weight excluding hydrogens is 749 g/mol. The predicted molar refractivity (Wildman–Crippen MR) is 263 cm³/mol. The first-order chi connectivity index (χ1) is 29.7. The van der Waals surface area contributed by atoms with Crippen LogP contribution in [0.15, 0.2) is 195 Å². The second-order valence-electron chi connectivity index (χ2n) is 14.9. The van der Waals surface area contributed by atoms with Gasteiger partial charge in [-0.1, -0.05) is 135 Å². The van der Waals surface area contributed by atoms with Gasteiger partial charge in [0.05, 0.1) is 23.2 Å². The molecular formula is C56H44N2OS. The van der Waals surface area contributed by atoms with Gasteiger partial charge in [-0.25, -0.2) is 0 Å². The molecule has 0 amide bonds. The van der Waals surface area contributed by atoms with Crippen molar-refractivity contribution >= 4 is 108 Å². The molecule has 3 heterocycles. The Kier molecular flexibility index (Phi) is 9.73. The van der Waals surface area contributed by atoms with E-state index in [1.807, 2.05) is 25.2 Å². The molecule has 0 fully saturated rings. The van der Waals surface area contributed by atoms with Crippen LogP contribution in [-0.2, 0) is 4.74 Å². The van der Waals surface area contributed by atoms with Crippen molar-refractivity contribution in [3.05, 3.63) is 195 Å². The van der Waals surface area contributed by atoms with E-state index in [0.717, 1.165) is 17.1 Å². The molecule has 0 aliphatic carbocycles. The maximum atomic E-state index is 4.57. The summed E-state index contributed by atoms with van der Waals surface area (Å²) in [7, 11) is 1.64. The molecule has 0 saturated carbocycles. The van der Waals surface area contributed by atoms with Gasteiger partial charge in [0.1, 0.15) is 0 Å². The number of fused-ring (bicyclic) bond motifs is 12. The molecule has 0 aliphatic rings. The summed E-state index contributed by atoms with van der Waals surface area (Å²) in [6, 6.07) is 67.0. The van der Waals surface area contributed by atoms with E-state index in [-0.39, 0.29) is 0 Å². The van der Waals surface area contributed by atoms with E-state index in [1.165, 1.54) is 90.9 Å². The third-order valence-electron chi connectivity index (χ3n) is 11.5. The number of benzene rings is 9. The minimum absolute atomic E-state index is 0.653. The van der Waals surface area contributed by atoms with Crippen LogP contribution in [0.1, 0.15) is 13.8 Å². The van der Waals surface area contributed by atoms with Gasteiger partial charge in [0.25, 0.3) is 0 Å². The number of hydrogen-bond acceptors (Lipinski definition) is 3. The minimum atomic E-state index is 0.653. The highest BCUT2D eigenvalue weighted by atomic mass is 32.1. The zero-order valence-electron chi connectivity index (χ0n) is 34.0. The monoisotopic (exact) mass is 792 g/mol. The van der Waals surface area contributed by atoms with Gasteiger partial charge in [-0.05, 0) is 94.0 Å². The van der Waals surface area contributed by atoms with Gasteiger partial charge >= 0.3 is 0 Å². The molecule has 0 spiro atoms. The first-order valence-corrected chi connectivity index (χ1v) is 21.5. The zero-order chi connectivity index (χ0) is 40.7. The number of hydrogen-bond donors (Lipinski definition) is 0. The topological polar surface area (TPSA) is 16.9 Å². The average Bonchev–Trinajstić information content (AvgIpc) is 3.97. The van der Waals surface area contributed by atoms with Gasteiger partial charge in [0.15, 0.2) is 0 Å². The normalized spacial score (nSPS) is 11.4. The molecule has 12 rings (SSSR count). The number of para-hydroxylation sites is 3. The molecule has 9 aromatic carbocycles. The van der Waals surface area contributed by atoms with Gasteiger partial charge in [-0.2, -0.15) is 0 Å². The highest BCUT2D eigenvalue weighted by Gasteiger charge is 2.19. The molecule has 3 aromatic heterocycles. The summed E-state index contributed by atoms with van der Waals surface area (Å²) in [6.07, 6.45) is 1.71. The molecule has 12 aromatic rings. The lowest BCUT2D eigenvalue weighted by molar-refractivity contribution is 0.234. The van der Waals surface area contributed by atoms with Crippen LogP contribution >= 0.6 is 11.3 Å². The molecule has 3 nitrogen and oxygen atoms in total. The van der Waals surface area contributed by atoms with E-state index in [9.17, 15) is 0 Å². The summed E-state index contributed by atoms with van der Waals surface area (Å²) in [4.78, 5) is 2.34. The average molecular weight is 793 g/mol. The number of anilines is 3. The van der Waals surface area contributed by atoms with Crippen LogP contribution in [0.5, 0.6) is 0 Å². The second-order valence-corrected chi connectivity index (χ2v) is 15.9. The fraction of sp³-hybridized carbons (Fsp3) is 0.0714. The van der Waals surface area contributed by atoms with Crippen LogP contribution in [-0.4, -0.2) is 18.1 Å². The summed E-state index contributed by atoms with van der Waals surface area (Å²) in [5, 5.41) is 13.0. The SMILES string of the molecule is C=CCOC.CC.c1ccc(N(c2ccc(-c3ccc4sc5c6cc7c(cc6ccc5c4c3)c3cccc4c5ccccc5n7c43)cc2)c2ccc3ccccc3c2)cc1. The molecule has 0 atom stereocenters. The minimum Gasteiger partial charge on any atom is -0.381 e. The van der Waals surface area contributed by atoms with E-state index in [4.69, 9.17) is 0 Å². The van der Waals surface area contributed by atoms with Gasteiger partial charge < -0.3 is 14.0 Å². The van der Waals surface area contributed by atoms with Crippen molar-refractivity contribution in [2.45, 2.75) is 13.8 Å². The smallest absolute Gasteiger partial charge is 0.0641 e. The Morgan fingerprint density at radius 1 is 0.500 bits per heavy atom. The van der Waals surface area contributed by atoms with Crippen molar-refractivity contribution in [1.82, 2.24) is 4.40 Å². The Labute approximate surface area is 353 Å². The van der Waals surface area contributed by atoms with Crippen LogP contribution < -0.4 is 4.90 Å². The fourth-order valence-corrected chi connectivity index (χ4v) is 10.1. The van der Waals surface area contributed by atoms with Crippen molar-refractivity contribution in [3.8, 4) is 11.1 Å². The molecule has 290 valence electrons. The standard InChI is InChI=1S/C50H30N2S.C4H8O.C2H6/c1-2-11-36(12-3-1)51(38-24-19-31-9-4-5-10-33(31)27-38)37-22-17-32(18-23-37)34-21-26-48-45(28-34)42-25-20-35-29-44-41-15-8-14-40-39-13-6-7-16-46(39)52(49(40)41)47(44)30-43(35)50(42)53-48;1-3-4-5-2;1-2/h1-30H;3H,1,4H2,2H3;1-2H3. The lowest BCUT2D eigenvalue weighted by Gasteiger charge is -2.26. The van der Waals surface area contributed by atoms with Crippen LogP contribution in [0.25, 0.3) is 90.9 Å². The summed E-state index contributed by atoms with van der Waals surface area (Å²) in [5.41, 5.74) is 9.73. The maximum absolute atomic E-state index is 4.57. The Balaban J connectivity index is 0.000000579. The Morgan fingerprint density at radius 2 is 1.17 bits per heavy atom. The summed E-state index contributed by atoms with van der Waals surface area (Å²) in [5.74, 6) is 0. The first-order valence-electron chi connectivity index (χ1n) is 20.7. The number of aromatic nitrogens is 1. The van der Waals surface area contributed by atoms with Gasteiger partial charge in [0.2, 0.25) is 0 Å². The molecule has 0 N–H and O–H groups in total. The first kappa shape index (κ1) is 37.3. The Bertz CT molecular complexity index is 3490. The number of thiophene rings is 1.